The van der Waals surface area contributed by atoms with Crippen LogP contribution in [-0.2, 0) is 4.74 Å². The Morgan fingerprint density at radius 1 is 1.44 bits per heavy atom. The van der Waals surface area contributed by atoms with Crippen LogP contribution >= 0.6 is 15.9 Å². The standard InChI is InChI=1S/C13H18BrFN2O/c1-2-18-9-3-5-17(6-4-9)13-7-10(14)11(15)8-12(13)16/h7-9H,2-6,16H2,1H3. The van der Waals surface area contributed by atoms with Crippen LogP contribution in [0.2, 0.25) is 0 Å². The molecule has 1 saturated heterocycles. The van der Waals surface area contributed by atoms with Crippen LogP contribution in [0, 0.1) is 5.82 Å². The topological polar surface area (TPSA) is 38.5 Å². The van der Waals surface area contributed by atoms with Crippen LogP contribution in [0.3, 0.4) is 0 Å². The van der Waals surface area contributed by atoms with E-state index in [1.807, 2.05) is 6.92 Å². The van der Waals surface area contributed by atoms with E-state index in [0.717, 1.165) is 38.2 Å². The minimum absolute atomic E-state index is 0.319. The number of rotatable bonds is 3. The van der Waals surface area contributed by atoms with E-state index in [-0.39, 0.29) is 5.82 Å². The molecule has 0 unspecified atom stereocenters. The van der Waals surface area contributed by atoms with Gasteiger partial charge in [-0.3, -0.25) is 0 Å². The summed E-state index contributed by atoms with van der Waals surface area (Å²) in [4.78, 5) is 2.19. The Bertz CT molecular complexity index is 420. The smallest absolute Gasteiger partial charge is 0.139 e. The van der Waals surface area contributed by atoms with Gasteiger partial charge in [0.1, 0.15) is 5.82 Å². The second kappa shape index (κ2) is 5.89. The van der Waals surface area contributed by atoms with E-state index in [4.69, 9.17) is 10.5 Å². The number of nitrogen functional groups attached to an aromatic ring is 1. The molecule has 2 N–H and O–H groups in total. The molecule has 100 valence electrons. The zero-order valence-corrected chi connectivity index (χ0v) is 12.0. The summed E-state index contributed by atoms with van der Waals surface area (Å²) in [6, 6.07) is 3.12. The van der Waals surface area contributed by atoms with E-state index < -0.39 is 0 Å². The van der Waals surface area contributed by atoms with Crippen molar-refractivity contribution in [1.29, 1.82) is 0 Å². The molecule has 1 aliphatic rings. The third-order valence-corrected chi connectivity index (χ3v) is 3.86. The monoisotopic (exact) mass is 316 g/mol. The van der Waals surface area contributed by atoms with Crippen LogP contribution in [0.1, 0.15) is 19.8 Å². The number of nitrogens with two attached hydrogens (primary N) is 1. The molecule has 2 rings (SSSR count). The molecule has 1 aliphatic heterocycles. The quantitative estimate of drug-likeness (QED) is 0.870. The molecule has 0 aliphatic carbocycles. The minimum Gasteiger partial charge on any atom is -0.397 e. The number of ether oxygens (including phenoxy) is 1. The summed E-state index contributed by atoms with van der Waals surface area (Å²) in [6.45, 7) is 4.57. The molecule has 1 aromatic rings. The summed E-state index contributed by atoms with van der Waals surface area (Å²) in [6.07, 6.45) is 2.32. The largest absolute Gasteiger partial charge is 0.397 e. The molecule has 0 spiro atoms. The third kappa shape index (κ3) is 2.95. The second-order valence-electron chi connectivity index (χ2n) is 4.47. The fourth-order valence-electron chi connectivity index (χ4n) is 2.32. The first kappa shape index (κ1) is 13.6. The Labute approximate surface area is 115 Å². The molecular weight excluding hydrogens is 299 g/mol. The molecule has 1 fully saturated rings. The molecule has 1 heterocycles. The highest BCUT2D eigenvalue weighted by atomic mass is 79.9. The van der Waals surface area contributed by atoms with Crippen molar-refractivity contribution < 1.29 is 9.13 Å². The van der Waals surface area contributed by atoms with Gasteiger partial charge in [-0.2, -0.15) is 0 Å². The van der Waals surface area contributed by atoms with Crippen molar-refractivity contribution in [1.82, 2.24) is 0 Å². The number of hydrogen-bond acceptors (Lipinski definition) is 3. The van der Waals surface area contributed by atoms with Crippen molar-refractivity contribution in [3.8, 4) is 0 Å². The Hall–Kier alpha value is -0.810. The number of piperidine rings is 1. The average Bonchev–Trinajstić information content (AvgIpc) is 2.35. The first-order chi connectivity index (χ1) is 8.61. The Morgan fingerprint density at radius 2 is 2.11 bits per heavy atom. The zero-order chi connectivity index (χ0) is 13.1. The molecule has 3 nitrogen and oxygen atoms in total. The summed E-state index contributed by atoms with van der Waals surface area (Å²) >= 11 is 3.20. The lowest BCUT2D eigenvalue weighted by molar-refractivity contribution is 0.0459. The summed E-state index contributed by atoms with van der Waals surface area (Å²) < 4.78 is 19.4. The molecule has 0 radical (unpaired) electrons. The van der Waals surface area contributed by atoms with E-state index in [1.54, 1.807) is 6.07 Å². The predicted molar refractivity (Wildman–Crippen MR) is 75.4 cm³/mol. The Morgan fingerprint density at radius 3 is 2.72 bits per heavy atom. The van der Waals surface area contributed by atoms with E-state index >= 15 is 0 Å². The van der Waals surface area contributed by atoms with Crippen LogP contribution in [0.5, 0.6) is 0 Å². The highest BCUT2D eigenvalue weighted by Crippen LogP contribution is 2.31. The van der Waals surface area contributed by atoms with Gasteiger partial charge in [0.2, 0.25) is 0 Å². The normalized spacial score (nSPS) is 17.2. The van der Waals surface area contributed by atoms with E-state index in [9.17, 15) is 4.39 Å². The molecule has 5 heteroatoms. The molecule has 0 aromatic heterocycles. The van der Waals surface area contributed by atoms with Crippen LogP contribution in [-0.4, -0.2) is 25.8 Å². The van der Waals surface area contributed by atoms with Crippen molar-refractivity contribution in [2.45, 2.75) is 25.9 Å². The van der Waals surface area contributed by atoms with E-state index in [0.29, 0.717) is 16.3 Å². The number of anilines is 2. The highest BCUT2D eigenvalue weighted by molar-refractivity contribution is 9.10. The number of halogens is 2. The summed E-state index contributed by atoms with van der Waals surface area (Å²) in [7, 11) is 0. The van der Waals surface area contributed by atoms with Gasteiger partial charge in [-0.05, 0) is 41.8 Å². The SMILES string of the molecule is CCOC1CCN(c2cc(Br)c(F)cc2N)CC1. The minimum atomic E-state index is -0.319. The van der Waals surface area contributed by atoms with Gasteiger partial charge in [-0.15, -0.1) is 0 Å². The van der Waals surface area contributed by atoms with Crippen LogP contribution in [0.25, 0.3) is 0 Å². The Balaban J connectivity index is 2.07. The molecule has 0 saturated carbocycles. The van der Waals surface area contributed by atoms with Crippen molar-refractivity contribution in [2.24, 2.45) is 0 Å². The molecule has 0 amide bonds. The van der Waals surface area contributed by atoms with Crippen molar-refractivity contribution in [2.75, 3.05) is 30.3 Å². The lowest BCUT2D eigenvalue weighted by atomic mass is 10.1. The number of hydrogen-bond donors (Lipinski definition) is 1. The fraction of sp³-hybridized carbons (Fsp3) is 0.538. The maximum absolute atomic E-state index is 13.3. The van der Waals surface area contributed by atoms with Gasteiger partial charge >= 0.3 is 0 Å². The van der Waals surface area contributed by atoms with Gasteiger partial charge in [-0.25, -0.2) is 4.39 Å². The molecule has 18 heavy (non-hydrogen) atoms. The number of benzene rings is 1. The lowest BCUT2D eigenvalue weighted by Gasteiger charge is -2.34. The average molecular weight is 317 g/mol. The Kier molecular flexibility index (Phi) is 4.45. The maximum Gasteiger partial charge on any atom is 0.139 e. The third-order valence-electron chi connectivity index (χ3n) is 3.25. The number of nitrogens with zero attached hydrogens (tertiary/aromatic N) is 1. The van der Waals surface area contributed by atoms with Gasteiger partial charge in [0, 0.05) is 25.8 Å². The molecule has 0 atom stereocenters. The first-order valence-corrected chi connectivity index (χ1v) is 7.02. The summed E-state index contributed by atoms with van der Waals surface area (Å²) in [5.74, 6) is -0.319. The maximum atomic E-state index is 13.3. The highest BCUT2D eigenvalue weighted by Gasteiger charge is 2.21. The van der Waals surface area contributed by atoms with Gasteiger partial charge in [0.15, 0.2) is 0 Å². The van der Waals surface area contributed by atoms with Gasteiger partial charge in [0.05, 0.1) is 22.0 Å². The predicted octanol–water partition coefficient (Wildman–Crippen LogP) is 3.18. The molecule has 0 bridgehead atoms. The first-order valence-electron chi connectivity index (χ1n) is 6.23. The summed E-state index contributed by atoms with van der Waals surface area (Å²) in [5, 5.41) is 0. The van der Waals surface area contributed by atoms with E-state index in [1.165, 1.54) is 6.07 Å². The van der Waals surface area contributed by atoms with Crippen molar-refractivity contribution in [3.63, 3.8) is 0 Å². The molecular formula is C13H18BrFN2O. The lowest BCUT2D eigenvalue weighted by Crippen LogP contribution is -2.37. The summed E-state index contributed by atoms with van der Waals surface area (Å²) in [5.41, 5.74) is 7.27. The van der Waals surface area contributed by atoms with Crippen molar-refractivity contribution >= 4 is 27.3 Å². The van der Waals surface area contributed by atoms with Gasteiger partial charge in [-0.1, -0.05) is 0 Å². The van der Waals surface area contributed by atoms with Gasteiger partial charge in [0.25, 0.3) is 0 Å². The van der Waals surface area contributed by atoms with Crippen LogP contribution in [0.15, 0.2) is 16.6 Å². The zero-order valence-electron chi connectivity index (χ0n) is 10.5. The second-order valence-corrected chi connectivity index (χ2v) is 5.32. The van der Waals surface area contributed by atoms with E-state index in [2.05, 4.69) is 20.8 Å². The fourth-order valence-corrected chi connectivity index (χ4v) is 2.66. The van der Waals surface area contributed by atoms with Crippen LogP contribution in [0.4, 0.5) is 15.8 Å². The van der Waals surface area contributed by atoms with Crippen molar-refractivity contribution in [3.05, 3.63) is 22.4 Å². The molecule has 1 aromatic carbocycles. The van der Waals surface area contributed by atoms with Crippen LogP contribution < -0.4 is 10.6 Å². The van der Waals surface area contributed by atoms with Gasteiger partial charge < -0.3 is 15.4 Å².